The molecule has 178 valence electrons. The van der Waals surface area contributed by atoms with Crippen molar-refractivity contribution in [1.29, 1.82) is 0 Å². The van der Waals surface area contributed by atoms with Gasteiger partial charge in [-0.1, -0.05) is 35.3 Å². The molecular weight excluding hydrogens is 518 g/mol. The van der Waals surface area contributed by atoms with E-state index in [0.717, 1.165) is 4.68 Å². The monoisotopic (exact) mass is 535 g/mol. The van der Waals surface area contributed by atoms with Crippen molar-refractivity contribution in [3.63, 3.8) is 0 Å². The number of nitrogens with one attached hydrogen (secondary N) is 1. The topological polar surface area (TPSA) is 140 Å². The fraction of sp³-hybridized carbons (Fsp3) is 0.375. The number of anilines is 1. The summed E-state index contributed by atoms with van der Waals surface area (Å²) in [6, 6.07) is 1.25. The number of hydrogen-bond donors (Lipinski definition) is 3. The van der Waals surface area contributed by atoms with Crippen molar-refractivity contribution in [2.24, 2.45) is 10.9 Å². The molecular formula is C16H18Cl2F3N5O4S2. The van der Waals surface area contributed by atoms with Crippen molar-refractivity contribution >= 4 is 55.5 Å². The van der Waals surface area contributed by atoms with Crippen molar-refractivity contribution in [2.45, 2.75) is 18.0 Å². The Labute approximate surface area is 193 Å². The summed E-state index contributed by atoms with van der Waals surface area (Å²) in [5.41, 5.74) is 4.03. The van der Waals surface area contributed by atoms with Gasteiger partial charge in [-0.25, -0.2) is 13.1 Å². The maximum absolute atomic E-state index is 13.1. The van der Waals surface area contributed by atoms with Gasteiger partial charge in [-0.2, -0.15) is 18.3 Å². The van der Waals surface area contributed by atoms with Crippen LogP contribution in [0.2, 0.25) is 10.0 Å². The molecule has 0 aliphatic rings. The first-order valence-electron chi connectivity index (χ1n) is 8.68. The summed E-state index contributed by atoms with van der Waals surface area (Å²) >= 11 is 12.2. The van der Waals surface area contributed by atoms with Gasteiger partial charge in [-0.05, 0) is 12.1 Å². The molecule has 1 unspecified atom stereocenters. The number of aromatic nitrogens is 2. The van der Waals surface area contributed by atoms with E-state index in [9.17, 15) is 25.8 Å². The van der Waals surface area contributed by atoms with Crippen molar-refractivity contribution in [3.8, 4) is 5.69 Å². The summed E-state index contributed by atoms with van der Waals surface area (Å²) < 4.78 is 76.3. The molecule has 2 aromatic rings. The standard InChI is InChI=1S/C16H18Cl2F3N5O4S2/c1-3-32(29,30)5-4-23-15-13(31(2)28)11(14(22)25-27)24-26(15)12-9(17)6-8(7-10(12)18)16(19,20)21/h6-7,23,27H,3-5H2,1-2H3,(H2,22,25). The molecule has 0 amide bonds. The number of oxime groups is 1. The van der Waals surface area contributed by atoms with Crippen LogP contribution in [0.25, 0.3) is 5.69 Å². The predicted octanol–water partition coefficient (Wildman–Crippen LogP) is 2.88. The molecule has 0 bridgehead atoms. The maximum atomic E-state index is 13.1. The van der Waals surface area contributed by atoms with E-state index in [4.69, 9.17) is 34.1 Å². The Bertz CT molecular complexity index is 1160. The lowest BCUT2D eigenvalue weighted by molar-refractivity contribution is -0.137. The molecule has 0 saturated carbocycles. The minimum Gasteiger partial charge on any atom is -0.409 e. The van der Waals surface area contributed by atoms with Crippen LogP contribution in [0.15, 0.2) is 22.2 Å². The molecule has 4 N–H and O–H groups in total. The molecule has 1 heterocycles. The van der Waals surface area contributed by atoms with Crippen LogP contribution in [0.4, 0.5) is 19.0 Å². The molecule has 0 fully saturated rings. The van der Waals surface area contributed by atoms with Gasteiger partial charge in [0.05, 0.1) is 32.2 Å². The third kappa shape index (κ3) is 5.66. The van der Waals surface area contributed by atoms with E-state index in [1.54, 1.807) is 0 Å². The highest BCUT2D eigenvalue weighted by Gasteiger charge is 2.33. The van der Waals surface area contributed by atoms with Crippen molar-refractivity contribution in [3.05, 3.63) is 33.4 Å². The van der Waals surface area contributed by atoms with Gasteiger partial charge in [0.2, 0.25) is 0 Å². The Hall–Kier alpha value is -2.03. The summed E-state index contributed by atoms with van der Waals surface area (Å²) in [7, 11) is -5.20. The van der Waals surface area contributed by atoms with Gasteiger partial charge in [0.15, 0.2) is 15.7 Å². The van der Waals surface area contributed by atoms with Crippen molar-refractivity contribution in [1.82, 2.24) is 9.78 Å². The second-order valence-electron chi connectivity index (χ2n) is 6.33. The van der Waals surface area contributed by atoms with Gasteiger partial charge in [0, 0.05) is 18.6 Å². The number of nitrogens with two attached hydrogens (primary N) is 1. The van der Waals surface area contributed by atoms with Gasteiger partial charge in [0.1, 0.15) is 22.1 Å². The van der Waals surface area contributed by atoms with E-state index < -0.39 is 48.3 Å². The van der Waals surface area contributed by atoms with Gasteiger partial charge >= 0.3 is 6.18 Å². The number of alkyl halides is 3. The lowest BCUT2D eigenvalue weighted by Crippen LogP contribution is -2.19. The smallest absolute Gasteiger partial charge is 0.409 e. The number of hydrogen-bond acceptors (Lipinski definition) is 7. The van der Waals surface area contributed by atoms with Crippen LogP contribution >= 0.6 is 23.2 Å². The molecule has 0 radical (unpaired) electrons. The summed E-state index contributed by atoms with van der Waals surface area (Å²) in [6.45, 7) is 1.29. The average molecular weight is 536 g/mol. The van der Waals surface area contributed by atoms with Crippen LogP contribution in [0.5, 0.6) is 0 Å². The zero-order chi connectivity index (χ0) is 24.4. The third-order valence-corrected chi connectivity index (χ3v) is 7.42. The molecule has 16 heteroatoms. The molecule has 0 spiro atoms. The van der Waals surface area contributed by atoms with Crippen LogP contribution in [-0.2, 0) is 26.8 Å². The van der Waals surface area contributed by atoms with Crippen molar-refractivity contribution < 1.29 is 31.0 Å². The summed E-state index contributed by atoms with van der Waals surface area (Å²) in [6.07, 6.45) is -3.47. The number of sulfone groups is 1. The minimum absolute atomic E-state index is 0.0951. The SMILES string of the molecule is CCS(=O)(=O)CCNc1c(S(C)=O)c(/C(N)=N\O)nn1-c1c(Cl)cc(C(F)(F)F)cc1Cl. The Morgan fingerprint density at radius 1 is 1.34 bits per heavy atom. The highest BCUT2D eigenvalue weighted by Crippen LogP contribution is 2.39. The van der Waals surface area contributed by atoms with Crippen LogP contribution in [0, 0.1) is 0 Å². The number of benzene rings is 1. The summed E-state index contributed by atoms with van der Waals surface area (Å²) in [5, 5.41) is 17.8. The van der Waals surface area contributed by atoms with Gasteiger partial charge in [0.25, 0.3) is 0 Å². The Kier molecular flexibility index (Phi) is 8.07. The number of nitrogens with zero attached hydrogens (tertiary/aromatic N) is 3. The van der Waals surface area contributed by atoms with E-state index in [1.807, 2.05) is 0 Å². The Morgan fingerprint density at radius 2 is 1.91 bits per heavy atom. The number of halogens is 5. The van der Waals surface area contributed by atoms with Gasteiger partial charge < -0.3 is 16.3 Å². The zero-order valence-electron chi connectivity index (χ0n) is 16.6. The van der Waals surface area contributed by atoms with Crippen LogP contribution < -0.4 is 11.1 Å². The second kappa shape index (κ2) is 9.85. The largest absolute Gasteiger partial charge is 0.416 e. The zero-order valence-corrected chi connectivity index (χ0v) is 19.7. The average Bonchev–Trinajstić information content (AvgIpc) is 3.05. The van der Waals surface area contributed by atoms with E-state index in [1.165, 1.54) is 13.2 Å². The molecule has 2 rings (SSSR count). The number of amidine groups is 1. The van der Waals surface area contributed by atoms with Crippen molar-refractivity contribution in [2.75, 3.05) is 29.6 Å². The minimum atomic E-state index is -4.72. The molecule has 1 aromatic heterocycles. The quantitative estimate of drug-likeness (QED) is 0.204. The first-order chi connectivity index (χ1) is 14.7. The highest BCUT2D eigenvalue weighted by atomic mass is 35.5. The highest BCUT2D eigenvalue weighted by molar-refractivity contribution is 7.91. The normalized spacial score (nSPS) is 13.9. The third-order valence-electron chi connectivity index (χ3n) is 4.18. The van der Waals surface area contributed by atoms with Crippen LogP contribution in [0.3, 0.4) is 0 Å². The van der Waals surface area contributed by atoms with E-state index in [0.29, 0.717) is 12.1 Å². The molecule has 0 aliphatic carbocycles. The first-order valence-corrected chi connectivity index (χ1v) is 12.8. The fourth-order valence-corrected chi connectivity index (χ4v) is 4.81. The molecule has 0 aliphatic heterocycles. The van der Waals surface area contributed by atoms with E-state index >= 15 is 0 Å². The van der Waals surface area contributed by atoms with Crippen LogP contribution in [-0.4, -0.2) is 57.8 Å². The summed E-state index contributed by atoms with van der Waals surface area (Å²) in [4.78, 5) is -0.0961. The Morgan fingerprint density at radius 3 is 2.34 bits per heavy atom. The molecule has 9 nitrogen and oxygen atoms in total. The number of rotatable bonds is 8. The lowest BCUT2D eigenvalue weighted by Gasteiger charge is -2.15. The lowest BCUT2D eigenvalue weighted by atomic mass is 10.2. The van der Waals surface area contributed by atoms with Crippen LogP contribution in [0.1, 0.15) is 18.2 Å². The first kappa shape index (κ1) is 26.2. The predicted molar refractivity (Wildman–Crippen MR) is 116 cm³/mol. The second-order valence-corrected chi connectivity index (χ2v) is 10.9. The van der Waals surface area contributed by atoms with E-state index in [-0.39, 0.29) is 40.1 Å². The molecule has 1 aromatic carbocycles. The molecule has 0 saturated heterocycles. The molecule has 1 atom stereocenters. The van der Waals surface area contributed by atoms with E-state index in [2.05, 4.69) is 15.6 Å². The van der Waals surface area contributed by atoms with Gasteiger partial charge in [-0.15, -0.1) is 0 Å². The fourth-order valence-electron chi connectivity index (χ4n) is 2.61. The molecule has 32 heavy (non-hydrogen) atoms. The maximum Gasteiger partial charge on any atom is 0.416 e. The van der Waals surface area contributed by atoms with Gasteiger partial charge in [-0.3, -0.25) is 4.21 Å². The Balaban J connectivity index is 2.75. The summed E-state index contributed by atoms with van der Waals surface area (Å²) in [5.74, 6) is -1.07.